The Bertz CT molecular complexity index is 580. The van der Waals surface area contributed by atoms with Crippen molar-refractivity contribution >= 4 is 27.7 Å². The van der Waals surface area contributed by atoms with Crippen LogP contribution in [0.15, 0.2) is 51.8 Å². The van der Waals surface area contributed by atoms with Crippen molar-refractivity contribution in [2.45, 2.75) is 17.2 Å². The topological polar surface area (TPSA) is 9.23 Å². The lowest BCUT2D eigenvalue weighted by atomic mass is 9.93. The largest absolute Gasteiger partial charge is 0.497 e. The monoisotopic (exact) mass is 334 g/mol. The first-order valence-corrected chi connectivity index (χ1v) is 8.09. The van der Waals surface area contributed by atoms with Crippen LogP contribution in [0.25, 0.3) is 0 Å². The molecule has 0 saturated heterocycles. The van der Waals surface area contributed by atoms with E-state index >= 15 is 0 Å². The Kier molecular flexibility index (Phi) is 3.85. The van der Waals surface area contributed by atoms with Crippen LogP contribution in [0.2, 0.25) is 0 Å². The van der Waals surface area contributed by atoms with Crippen molar-refractivity contribution < 1.29 is 4.74 Å². The van der Waals surface area contributed by atoms with Crippen LogP contribution in [0.1, 0.15) is 17.0 Å². The molecule has 1 aliphatic rings. The van der Waals surface area contributed by atoms with E-state index in [1.54, 1.807) is 7.11 Å². The summed E-state index contributed by atoms with van der Waals surface area (Å²) in [7, 11) is 1.71. The summed E-state index contributed by atoms with van der Waals surface area (Å²) < 4.78 is 6.39. The summed E-state index contributed by atoms with van der Waals surface area (Å²) in [4.78, 5) is 1.42. The number of hydrogen-bond donors (Lipinski definition) is 0. The molecule has 19 heavy (non-hydrogen) atoms. The van der Waals surface area contributed by atoms with Crippen molar-refractivity contribution in [2.24, 2.45) is 0 Å². The zero-order chi connectivity index (χ0) is 13.2. The Morgan fingerprint density at radius 3 is 2.68 bits per heavy atom. The number of methoxy groups -OCH3 is 1. The lowest BCUT2D eigenvalue weighted by Gasteiger charge is -2.24. The predicted octanol–water partition coefficient (Wildman–Crippen LogP) is 4.89. The number of hydrogen-bond acceptors (Lipinski definition) is 2. The number of benzene rings is 2. The summed E-state index contributed by atoms with van der Waals surface area (Å²) >= 11 is 5.52. The van der Waals surface area contributed by atoms with E-state index < -0.39 is 0 Å². The van der Waals surface area contributed by atoms with E-state index in [0.29, 0.717) is 5.92 Å². The van der Waals surface area contributed by atoms with E-state index in [0.717, 1.165) is 17.9 Å². The summed E-state index contributed by atoms with van der Waals surface area (Å²) in [6.07, 6.45) is 1.12. The molecular formula is C16H15BrOS. The highest BCUT2D eigenvalue weighted by Crippen LogP contribution is 2.38. The molecule has 0 N–H and O–H groups in total. The minimum atomic E-state index is 0.595. The van der Waals surface area contributed by atoms with E-state index in [2.05, 4.69) is 58.4 Å². The van der Waals surface area contributed by atoms with Gasteiger partial charge in [-0.3, -0.25) is 0 Å². The van der Waals surface area contributed by atoms with Crippen molar-refractivity contribution in [3.8, 4) is 5.75 Å². The van der Waals surface area contributed by atoms with Crippen molar-refractivity contribution in [3.63, 3.8) is 0 Å². The summed E-state index contributed by atoms with van der Waals surface area (Å²) in [5.74, 6) is 2.68. The lowest BCUT2D eigenvalue weighted by molar-refractivity contribution is 0.414. The third kappa shape index (κ3) is 2.82. The molecule has 2 aromatic carbocycles. The van der Waals surface area contributed by atoms with Gasteiger partial charge in [-0.05, 0) is 53.8 Å². The molecule has 0 radical (unpaired) electrons. The number of thioether (sulfide) groups is 1. The fourth-order valence-electron chi connectivity index (χ4n) is 2.45. The first-order chi connectivity index (χ1) is 9.26. The van der Waals surface area contributed by atoms with Gasteiger partial charge in [0.2, 0.25) is 0 Å². The molecule has 1 nitrogen and oxygen atoms in total. The number of rotatable bonds is 2. The van der Waals surface area contributed by atoms with Crippen molar-refractivity contribution in [1.29, 1.82) is 0 Å². The number of halogens is 1. The van der Waals surface area contributed by atoms with Crippen LogP contribution in [-0.4, -0.2) is 12.9 Å². The molecule has 1 heterocycles. The maximum Gasteiger partial charge on any atom is 0.118 e. The summed E-state index contributed by atoms with van der Waals surface area (Å²) in [6, 6.07) is 15.1. The maximum atomic E-state index is 5.22. The summed E-state index contributed by atoms with van der Waals surface area (Å²) in [6.45, 7) is 0. The molecule has 1 aliphatic heterocycles. The highest BCUT2D eigenvalue weighted by atomic mass is 79.9. The second-order valence-electron chi connectivity index (χ2n) is 4.74. The normalized spacial score (nSPS) is 17.9. The van der Waals surface area contributed by atoms with Gasteiger partial charge in [0.15, 0.2) is 0 Å². The van der Waals surface area contributed by atoms with Gasteiger partial charge in [0.1, 0.15) is 5.75 Å². The molecular weight excluding hydrogens is 320 g/mol. The Balaban J connectivity index is 1.84. The van der Waals surface area contributed by atoms with Gasteiger partial charge in [-0.15, -0.1) is 11.8 Å². The Labute approximate surface area is 126 Å². The van der Waals surface area contributed by atoms with Crippen molar-refractivity contribution in [3.05, 3.63) is 58.1 Å². The molecule has 0 fully saturated rings. The van der Waals surface area contributed by atoms with Crippen molar-refractivity contribution in [2.75, 3.05) is 12.9 Å². The molecule has 0 saturated carbocycles. The Hall–Kier alpha value is -0.930. The standard InChI is InChI=1S/C16H15BrOS/c1-18-15-5-2-11(3-6-15)13-8-12-9-14(17)4-7-16(12)19-10-13/h2-7,9,13H,8,10H2,1H3. The predicted molar refractivity (Wildman–Crippen MR) is 84.3 cm³/mol. The van der Waals surface area contributed by atoms with Gasteiger partial charge < -0.3 is 4.74 Å². The molecule has 0 aromatic heterocycles. The molecule has 0 amide bonds. The van der Waals surface area contributed by atoms with E-state index in [9.17, 15) is 0 Å². The highest BCUT2D eigenvalue weighted by molar-refractivity contribution is 9.10. The van der Waals surface area contributed by atoms with Crippen molar-refractivity contribution in [1.82, 2.24) is 0 Å². The Morgan fingerprint density at radius 2 is 1.95 bits per heavy atom. The van der Waals surface area contributed by atoms with Crippen LogP contribution in [0.3, 0.4) is 0 Å². The van der Waals surface area contributed by atoms with Gasteiger partial charge in [-0.2, -0.15) is 0 Å². The highest BCUT2D eigenvalue weighted by Gasteiger charge is 2.20. The van der Waals surface area contributed by atoms with Crippen LogP contribution in [0, 0.1) is 0 Å². The van der Waals surface area contributed by atoms with Crippen LogP contribution in [0.5, 0.6) is 5.75 Å². The van der Waals surface area contributed by atoms with Gasteiger partial charge in [0.05, 0.1) is 7.11 Å². The SMILES string of the molecule is COc1ccc(C2CSc3ccc(Br)cc3C2)cc1. The van der Waals surface area contributed by atoms with E-state index in [-0.39, 0.29) is 0 Å². The van der Waals surface area contributed by atoms with Crippen LogP contribution >= 0.6 is 27.7 Å². The quantitative estimate of drug-likeness (QED) is 0.773. The van der Waals surface area contributed by atoms with Crippen LogP contribution in [-0.2, 0) is 6.42 Å². The molecule has 3 heteroatoms. The van der Waals surface area contributed by atoms with E-state index in [4.69, 9.17) is 4.74 Å². The smallest absolute Gasteiger partial charge is 0.118 e. The summed E-state index contributed by atoms with van der Waals surface area (Å²) in [5.41, 5.74) is 2.85. The van der Waals surface area contributed by atoms with Gasteiger partial charge in [0.25, 0.3) is 0 Å². The lowest BCUT2D eigenvalue weighted by Crippen LogP contribution is -2.11. The maximum absolute atomic E-state index is 5.22. The minimum absolute atomic E-state index is 0.595. The molecule has 3 rings (SSSR count). The number of fused-ring (bicyclic) bond motifs is 1. The first kappa shape index (κ1) is 13.1. The van der Waals surface area contributed by atoms with Gasteiger partial charge in [-0.1, -0.05) is 28.1 Å². The molecule has 2 aromatic rings. The van der Waals surface area contributed by atoms with E-state index in [1.165, 1.54) is 20.5 Å². The average Bonchev–Trinajstić information content (AvgIpc) is 2.46. The second-order valence-corrected chi connectivity index (χ2v) is 6.71. The van der Waals surface area contributed by atoms with Gasteiger partial charge >= 0.3 is 0 Å². The average molecular weight is 335 g/mol. The molecule has 1 atom stereocenters. The Morgan fingerprint density at radius 1 is 1.16 bits per heavy atom. The first-order valence-electron chi connectivity index (χ1n) is 6.31. The van der Waals surface area contributed by atoms with Crippen LogP contribution in [0.4, 0.5) is 0 Å². The van der Waals surface area contributed by atoms with Gasteiger partial charge in [0, 0.05) is 15.1 Å². The molecule has 0 spiro atoms. The molecule has 0 bridgehead atoms. The molecule has 0 aliphatic carbocycles. The molecule has 98 valence electrons. The third-order valence-corrected chi connectivity index (χ3v) is 5.29. The second kappa shape index (κ2) is 5.59. The summed E-state index contributed by atoms with van der Waals surface area (Å²) in [5, 5.41) is 0. The fraction of sp³-hybridized carbons (Fsp3) is 0.250. The zero-order valence-corrected chi connectivity index (χ0v) is 13.1. The zero-order valence-electron chi connectivity index (χ0n) is 10.7. The van der Waals surface area contributed by atoms with Crippen LogP contribution < -0.4 is 4.74 Å². The minimum Gasteiger partial charge on any atom is -0.497 e. The fourth-order valence-corrected chi connectivity index (χ4v) is 4.04. The van der Waals surface area contributed by atoms with E-state index in [1.807, 2.05) is 11.8 Å². The van der Waals surface area contributed by atoms with Gasteiger partial charge in [-0.25, -0.2) is 0 Å². The molecule has 1 unspecified atom stereocenters. The third-order valence-electron chi connectivity index (χ3n) is 3.52. The number of ether oxygens (including phenoxy) is 1.